The number of rotatable bonds is 4. The zero-order valence-electron chi connectivity index (χ0n) is 8.83. The first-order valence-electron chi connectivity index (χ1n) is 5.09. The molecule has 0 aromatic heterocycles. The van der Waals surface area contributed by atoms with Gasteiger partial charge in [-0.3, -0.25) is 0 Å². The Bertz CT molecular complexity index is 317. The molecular formula is C12H15ClO2. The maximum atomic E-state index is 5.83. The lowest BCUT2D eigenvalue weighted by atomic mass is 9.76. The minimum Gasteiger partial charge on any atom is -0.497 e. The molecule has 3 heteroatoms. The number of halogens is 1. The molecule has 0 radical (unpaired) electrons. The molecule has 1 aromatic rings. The van der Waals surface area contributed by atoms with Crippen molar-refractivity contribution in [3.63, 3.8) is 0 Å². The summed E-state index contributed by atoms with van der Waals surface area (Å²) in [6.07, 6.45) is 0.973. The van der Waals surface area contributed by atoms with Crippen LogP contribution in [0.4, 0.5) is 0 Å². The zero-order valence-corrected chi connectivity index (χ0v) is 9.59. The quantitative estimate of drug-likeness (QED) is 0.735. The zero-order chi connectivity index (χ0) is 10.7. The number of benzene rings is 1. The van der Waals surface area contributed by atoms with Crippen LogP contribution in [0.5, 0.6) is 5.75 Å². The van der Waals surface area contributed by atoms with Gasteiger partial charge in [-0.2, -0.15) is 0 Å². The third-order valence-electron chi connectivity index (χ3n) is 3.03. The van der Waals surface area contributed by atoms with Gasteiger partial charge < -0.3 is 9.47 Å². The van der Waals surface area contributed by atoms with E-state index in [0.29, 0.717) is 5.88 Å². The molecule has 15 heavy (non-hydrogen) atoms. The molecule has 1 heterocycles. The van der Waals surface area contributed by atoms with Crippen LogP contribution in [0, 0.1) is 0 Å². The van der Waals surface area contributed by atoms with E-state index in [4.69, 9.17) is 21.1 Å². The number of methoxy groups -OCH3 is 1. The Labute approximate surface area is 95.1 Å². The van der Waals surface area contributed by atoms with Crippen molar-refractivity contribution >= 4 is 11.6 Å². The fourth-order valence-corrected chi connectivity index (χ4v) is 2.29. The van der Waals surface area contributed by atoms with Crippen LogP contribution in [-0.4, -0.2) is 26.2 Å². The fourth-order valence-electron chi connectivity index (χ4n) is 1.93. The van der Waals surface area contributed by atoms with Gasteiger partial charge in [-0.05, 0) is 24.1 Å². The number of ether oxygens (including phenoxy) is 2. The summed E-state index contributed by atoms with van der Waals surface area (Å²) in [4.78, 5) is 0. The number of hydrogen-bond donors (Lipinski definition) is 0. The van der Waals surface area contributed by atoms with E-state index >= 15 is 0 Å². The molecule has 0 spiro atoms. The van der Waals surface area contributed by atoms with Crippen molar-refractivity contribution in [1.82, 2.24) is 0 Å². The monoisotopic (exact) mass is 226 g/mol. The van der Waals surface area contributed by atoms with Gasteiger partial charge in [0.25, 0.3) is 0 Å². The molecule has 0 unspecified atom stereocenters. The maximum Gasteiger partial charge on any atom is 0.118 e. The lowest BCUT2D eigenvalue weighted by molar-refractivity contribution is -0.0615. The fraction of sp³-hybridized carbons (Fsp3) is 0.500. The summed E-state index contributed by atoms with van der Waals surface area (Å²) >= 11 is 5.83. The smallest absolute Gasteiger partial charge is 0.118 e. The molecule has 0 bridgehead atoms. The van der Waals surface area contributed by atoms with Gasteiger partial charge in [0.15, 0.2) is 0 Å². The molecule has 2 rings (SSSR count). The highest BCUT2D eigenvalue weighted by atomic mass is 35.5. The minimum absolute atomic E-state index is 0.147. The van der Waals surface area contributed by atoms with Gasteiger partial charge in [0.1, 0.15) is 5.75 Å². The lowest BCUT2D eigenvalue weighted by Gasteiger charge is -2.41. The highest BCUT2D eigenvalue weighted by Crippen LogP contribution is 2.36. The second kappa shape index (κ2) is 4.42. The first-order chi connectivity index (χ1) is 7.30. The molecule has 1 saturated heterocycles. The second-order valence-corrected chi connectivity index (χ2v) is 4.32. The minimum atomic E-state index is 0.147. The van der Waals surface area contributed by atoms with Crippen molar-refractivity contribution in [3.8, 4) is 5.75 Å². The van der Waals surface area contributed by atoms with Crippen molar-refractivity contribution in [3.05, 3.63) is 29.8 Å². The van der Waals surface area contributed by atoms with Gasteiger partial charge >= 0.3 is 0 Å². The Morgan fingerprint density at radius 2 is 2.00 bits per heavy atom. The summed E-state index contributed by atoms with van der Waals surface area (Å²) in [6, 6.07) is 8.19. The SMILES string of the molecule is COc1ccc(C2(CCCl)COC2)cc1. The van der Waals surface area contributed by atoms with E-state index in [9.17, 15) is 0 Å². The molecule has 0 saturated carbocycles. The van der Waals surface area contributed by atoms with Crippen LogP contribution in [0.2, 0.25) is 0 Å². The van der Waals surface area contributed by atoms with Crippen LogP contribution in [0.25, 0.3) is 0 Å². The highest BCUT2D eigenvalue weighted by molar-refractivity contribution is 6.17. The Hall–Kier alpha value is -0.730. The van der Waals surface area contributed by atoms with Crippen LogP contribution < -0.4 is 4.74 Å². The summed E-state index contributed by atoms with van der Waals surface area (Å²) in [5, 5.41) is 0. The molecular weight excluding hydrogens is 212 g/mol. The van der Waals surface area contributed by atoms with Crippen molar-refractivity contribution in [2.45, 2.75) is 11.8 Å². The van der Waals surface area contributed by atoms with Gasteiger partial charge in [0, 0.05) is 11.3 Å². The second-order valence-electron chi connectivity index (χ2n) is 3.94. The Balaban J connectivity index is 2.19. The summed E-state index contributed by atoms with van der Waals surface area (Å²) in [5.74, 6) is 1.56. The lowest BCUT2D eigenvalue weighted by Crippen LogP contribution is -2.47. The molecule has 2 nitrogen and oxygen atoms in total. The predicted octanol–water partition coefficient (Wildman–Crippen LogP) is 2.59. The van der Waals surface area contributed by atoms with Gasteiger partial charge in [0.05, 0.1) is 20.3 Å². The molecule has 0 atom stereocenters. The first-order valence-corrected chi connectivity index (χ1v) is 5.62. The molecule has 0 amide bonds. The van der Waals surface area contributed by atoms with E-state index in [2.05, 4.69) is 12.1 Å². The molecule has 1 aliphatic heterocycles. The van der Waals surface area contributed by atoms with Crippen molar-refractivity contribution in [2.75, 3.05) is 26.2 Å². The number of hydrogen-bond acceptors (Lipinski definition) is 2. The van der Waals surface area contributed by atoms with E-state index < -0.39 is 0 Å². The molecule has 1 fully saturated rings. The van der Waals surface area contributed by atoms with Crippen LogP contribution in [0.1, 0.15) is 12.0 Å². The molecule has 1 aliphatic rings. The van der Waals surface area contributed by atoms with Crippen LogP contribution >= 0.6 is 11.6 Å². The standard InChI is InChI=1S/C12H15ClO2/c1-14-11-4-2-10(3-5-11)12(6-7-13)8-15-9-12/h2-5H,6-9H2,1H3. The van der Waals surface area contributed by atoms with Crippen molar-refractivity contribution < 1.29 is 9.47 Å². The van der Waals surface area contributed by atoms with Gasteiger partial charge in [-0.25, -0.2) is 0 Å². The van der Waals surface area contributed by atoms with Crippen molar-refractivity contribution in [2.24, 2.45) is 0 Å². The average molecular weight is 227 g/mol. The van der Waals surface area contributed by atoms with Crippen LogP contribution in [-0.2, 0) is 10.2 Å². The third-order valence-corrected chi connectivity index (χ3v) is 3.22. The average Bonchev–Trinajstić information content (AvgIpc) is 2.24. The van der Waals surface area contributed by atoms with E-state index in [1.807, 2.05) is 12.1 Å². The Kier molecular flexibility index (Phi) is 3.17. The normalized spacial score (nSPS) is 18.3. The van der Waals surface area contributed by atoms with E-state index in [1.54, 1.807) is 7.11 Å². The third kappa shape index (κ3) is 1.97. The Morgan fingerprint density at radius 1 is 1.33 bits per heavy atom. The maximum absolute atomic E-state index is 5.83. The molecule has 0 N–H and O–H groups in total. The van der Waals surface area contributed by atoms with Crippen LogP contribution in [0.3, 0.4) is 0 Å². The first kappa shape index (κ1) is 10.8. The number of alkyl halides is 1. The molecule has 0 aliphatic carbocycles. The van der Waals surface area contributed by atoms with Crippen molar-refractivity contribution in [1.29, 1.82) is 0 Å². The van der Waals surface area contributed by atoms with Gasteiger partial charge in [-0.1, -0.05) is 12.1 Å². The van der Waals surface area contributed by atoms with Crippen LogP contribution in [0.15, 0.2) is 24.3 Å². The summed E-state index contributed by atoms with van der Waals surface area (Å²) < 4.78 is 10.4. The summed E-state index contributed by atoms with van der Waals surface area (Å²) in [5.41, 5.74) is 1.45. The van der Waals surface area contributed by atoms with E-state index in [-0.39, 0.29) is 5.41 Å². The van der Waals surface area contributed by atoms with Gasteiger partial charge in [0.2, 0.25) is 0 Å². The Morgan fingerprint density at radius 3 is 2.40 bits per heavy atom. The van der Waals surface area contributed by atoms with E-state index in [1.165, 1.54) is 5.56 Å². The molecule has 82 valence electrons. The van der Waals surface area contributed by atoms with Gasteiger partial charge in [-0.15, -0.1) is 11.6 Å². The topological polar surface area (TPSA) is 18.5 Å². The predicted molar refractivity (Wildman–Crippen MR) is 60.8 cm³/mol. The summed E-state index contributed by atoms with van der Waals surface area (Å²) in [6.45, 7) is 1.57. The van der Waals surface area contributed by atoms with E-state index in [0.717, 1.165) is 25.4 Å². The summed E-state index contributed by atoms with van der Waals surface area (Å²) in [7, 11) is 1.68. The molecule has 1 aromatic carbocycles. The highest BCUT2D eigenvalue weighted by Gasteiger charge is 2.39. The largest absolute Gasteiger partial charge is 0.497 e.